The van der Waals surface area contributed by atoms with Crippen LogP contribution in [0.4, 0.5) is 0 Å². The fraction of sp³-hybridized carbons (Fsp3) is 0.250. The SMILES string of the molecule is CCOC(=O)C1=CNC=C(C(=O)OCC)C1c1ccc(-n2ccnc2)cc1. The maximum absolute atomic E-state index is 12.4. The van der Waals surface area contributed by atoms with Gasteiger partial charge in [-0.05, 0) is 31.5 Å². The van der Waals surface area contributed by atoms with Gasteiger partial charge < -0.3 is 19.4 Å². The zero-order valence-electron chi connectivity index (χ0n) is 15.2. The maximum atomic E-state index is 12.4. The summed E-state index contributed by atoms with van der Waals surface area (Å²) < 4.78 is 12.2. The van der Waals surface area contributed by atoms with Crippen LogP contribution in [0.5, 0.6) is 0 Å². The van der Waals surface area contributed by atoms with Crippen LogP contribution >= 0.6 is 0 Å². The molecule has 140 valence electrons. The van der Waals surface area contributed by atoms with E-state index in [0.717, 1.165) is 11.3 Å². The van der Waals surface area contributed by atoms with Gasteiger partial charge in [0, 0.05) is 30.5 Å². The van der Waals surface area contributed by atoms with Crippen molar-refractivity contribution >= 4 is 11.9 Å². The third kappa shape index (κ3) is 3.92. The highest BCUT2D eigenvalue weighted by atomic mass is 16.5. The van der Waals surface area contributed by atoms with Crippen molar-refractivity contribution in [3.05, 3.63) is 72.1 Å². The molecule has 0 spiro atoms. The molecule has 2 heterocycles. The second-order valence-electron chi connectivity index (χ2n) is 5.80. The van der Waals surface area contributed by atoms with E-state index in [4.69, 9.17) is 9.47 Å². The van der Waals surface area contributed by atoms with E-state index in [9.17, 15) is 9.59 Å². The molecule has 3 rings (SSSR count). The number of dihydropyridines is 1. The topological polar surface area (TPSA) is 82.5 Å². The van der Waals surface area contributed by atoms with Gasteiger partial charge in [0.2, 0.25) is 0 Å². The van der Waals surface area contributed by atoms with Gasteiger partial charge in [0.15, 0.2) is 0 Å². The summed E-state index contributed by atoms with van der Waals surface area (Å²) >= 11 is 0. The number of hydrogen-bond acceptors (Lipinski definition) is 6. The summed E-state index contributed by atoms with van der Waals surface area (Å²) in [5.74, 6) is -1.51. The lowest BCUT2D eigenvalue weighted by molar-refractivity contribution is -0.139. The summed E-state index contributed by atoms with van der Waals surface area (Å²) in [7, 11) is 0. The molecule has 0 fully saturated rings. The third-order valence-electron chi connectivity index (χ3n) is 4.15. The molecule has 1 aliphatic rings. The Morgan fingerprint density at radius 3 is 2.11 bits per heavy atom. The van der Waals surface area contributed by atoms with Crippen molar-refractivity contribution in [2.24, 2.45) is 0 Å². The van der Waals surface area contributed by atoms with Gasteiger partial charge in [-0.25, -0.2) is 14.6 Å². The van der Waals surface area contributed by atoms with Crippen molar-refractivity contribution in [3.63, 3.8) is 0 Å². The number of ether oxygens (including phenoxy) is 2. The highest BCUT2D eigenvalue weighted by molar-refractivity contribution is 5.98. The van der Waals surface area contributed by atoms with Crippen molar-refractivity contribution in [1.82, 2.24) is 14.9 Å². The van der Waals surface area contributed by atoms with E-state index in [0.29, 0.717) is 11.1 Å². The van der Waals surface area contributed by atoms with Crippen LogP contribution in [0.1, 0.15) is 25.3 Å². The third-order valence-corrected chi connectivity index (χ3v) is 4.15. The van der Waals surface area contributed by atoms with E-state index in [1.165, 1.54) is 0 Å². The summed E-state index contributed by atoms with van der Waals surface area (Å²) in [5, 5.41) is 2.86. The van der Waals surface area contributed by atoms with E-state index >= 15 is 0 Å². The quantitative estimate of drug-likeness (QED) is 0.790. The molecule has 1 N–H and O–H groups in total. The molecule has 0 atom stereocenters. The lowest BCUT2D eigenvalue weighted by Crippen LogP contribution is -2.27. The first-order valence-corrected chi connectivity index (χ1v) is 8.74. The molecular weight excluding hydrogens is 346 g/mol. The lowest BCUT2D eigenvalue weighted by atomic mass is 9.83. The van der Waals surface area contributed by atoms with Crippen molar-refractivity contribution in [1.29, 1.82) is 0 Å². The van der Waals surface area contributed by atoms with E-state index in [2.05, 4.69) is 10.3 Å². The first-order valence-electron chi connectivity index (χ1n) is 8.74. The number of carbonyl (C=O) groups is 2. The largest absolute Gasteiger partial charge is 0.463 e. The van der Waals surface area contributed by atoms with Gasteiger partial charge in [0.05, 0.1) is 36.6 Å². The number of nitrogens with zero attached hydrogens (tertiary/aromatic N) is 2. The lowest BCUT2D eigenvalue weighted by Gasteiger charge is -2.25. The van der Waals surface area contributed by atoms with Crippen LogP contribution in [-0.4, -0.2) is 34.7 Å². The number of carbonyl (C=O) groups excluding carboxylic acids is 2. The Hall–Kier alpha value is -3.35. The Bertz CT molecular complexity index is 833. The summed E-state index contributed by atoms with van der Waals surface area (Å²) in [5.41, 5.74) is 2.43. The molecule has 1 aromatic heterocycles. The maximum Gasteiger partial charge on any atom is 0.336 e. The minimum atomic E-state index is -0.568. The predicted molar refractivity (Wildman–Crippen MR) is 98.9 cm³/mol. The van der Waals surface area contributed by atoms with Gasteiger partial charge in [-0.1, -0.05) is 12.1 Å². The minimum absolute atomic E-state index is 0.251. The fourth-order valence-corrected chi connectivity index (χ4v) is 2.95. The van der Waals surface area contributed by atoms with E-state index < -0.39 is 17.9 Å². The highest BCUT2D eigenvalue weighted by Gasteiger charge is 2.33. The number of benzene rings is 1. The Labute approximate surface area is 157 Å². The summed E-state index contributed by atoms with van der Waals surface area (Å²) in [6.07, 6.45) is 8.37. The number of rotatable bonds is 6. The molecule has 7 nitrogen and oxygen atoms in total. The molecule has 27 heavy (non-hydrogen) atoms. The van der Waals surface area contributed by atoms with E-state index in [-0.39, 0.29) is 13.2 Å². The normalized spacial score (nSPS) is 14.0. The Morgan fingerprint density at radius 1 is 1.04 bits per heavy atom. The van der Waals surface area contributed by atoms with Gasteiger partial charge in [-0.2, -0.15) is 0 Å². The van der Waals surface area contributed by atoms with Crippen molar-refractivity contribution < 1.29 is 19.1 Å². The monoisotopic (exact) mass is 367 g/mol. The molecule has 0 saturated heterocycles. The van der Waals surface area contributed by atoms with Crippen LogP contribution < -0.4 is 5.32 Å². The van der Waals surface area contributed by atoms with Gasteiger partial charge in [0.25, 0.3) is 0 Å². The molecule has 0 bridgehead atoms. The van der Waals surface area contributed by atoms with Crippen LogP contribution in [0.2, 0.25) is 0 Å². The second-order valence-corrected chi connectivity index (χ2v) is 5.80. The first kappa shape index (κ1) is 18.4. The van der Waals surface area contributed by atoms with E-state index in [1.54, 1.807) is 38.8 Å². The Kier molecular flexibility index (Phi) is 5.71. The van der Waals surface area contributed by atoms with Gasteiger partial charge >= 0.3 is 11.9 Å². The smallest absolute Gasteiger partial charge is 0.336 e. The van der Waals surface area contributed by atoms with Crippen LogP contribution in [0.15, 0.2) is 66.5 Å². The number of hydrogen-bond donors (Lipinski definition) is 1. The molecule has 0 saturated carbocycles. The van der Waals surface area contributed by atoms with Crippen LogP contribution in [-0.2, 0) is 19.1 Å². The molecular formula is C20H21N3O4. The molecule has 7 heteroatoms. The average Bonchev–Trinajstić information content (AvgIpc) is 3.23. The van der Waals surface area contributed by atoms with Crippen molar-refractivity contribution in [2.45, 2.75) is 19.8 Å². The first-order chi connectivity index (χ1) is 13.2. The Balaban J connectivity index is 1.97. The molecule has 1 aliphatic heterocycles. The Morgan fingerprint density at radius 2 is 1.63 bits per heavy atom. The highest BCUT2D eigenvalue weighted by Crippen LogP contribution is 2.35. The zero-order chi connectivity index (χ0) is 19.2. The molecule has 1 aromatic carbocycles. The van der Waals surface area contributed by atoms with Crippen molar-refractivity contribution in [2.75, 3.05) is 13.2 Å². The molecule has 0 amide bonds. The van der Waals surface area contributed by atoms with Crippen LogP contribution in [0, 0.1) is 0 Å². The number of esters is 2. The number of aromatic nitrogens is 2. The summed E-state index contributed by atoms with van der Waals surface area (Å²) in [6.45, 7) is 3.99. The standard InChI is InChI=1S/C20H21N3O4/c1-3-26-19(24)16-11-22-12-17(20(25)27-4-2)18(16)14-5-7-15(8-6-14)23-10-9-21-13-23/h5-13,18,22H,3-4H2,1-2H3. The number of imidazole rings is 1. The molecule has 0 radical (unpaired) electrons. The fourth-order valence-electron chi connectivity index (χ4n) is 2.95. The second kappa shape index (κ2) is 8.35. The van der Waals surface area contributed by atoms with Crippen LogP contribution in [0.3, 0.4) is 0 Å². The van der Waals surface area contributed by atoms with Crippen molar-refractivity contribution in [3.8, 4) is 5.69 Å². The molecule has 0 aliphatic carbocycles. The summed E-state index contributed by atoms with van der Waals surface area (Å²) in [4.78, 5) is 28.9. The minimum Gasteiger partial charge on any atom is -0.463 e. The predicted octanol–water partition coefficient (Wildman–Crippen LogP) is 2.45. The average molecular weight is 367 g/mol. The summed E-state index contributed by atoms with van der Waals surface area (Å²) in [6, 6.07) is 7.58. The number of nitrogens with one attached hydrogen (secondary N) is 1. The molecule has 2 aromatic rings. The van der Waals surface area contributed by atoms with Gasteiger partial charge in [-0.3, -0.25) is 0 Å². The zero-order valence-corrected chi connectivity index (χ0v) is 15.2. The van der Waals surface area contributed by atoms with E-state index in [1.807, 2.05) is 35.0 Å². The van der Waals surface area contributed by atoms with Gasteiger partial charge in [0.1, 0.15) is 0 Å². The molecule has 0 unspecified atom stereocenters. The van der Waals surface area contributed by atoms with Gasteiger partial charge in [-0.15, -0.1) is 0 Å². The van der Waals surface area contributed by atoms with Crippen LogP contribution in [0.25, 0.3) is 5.69 Å².